The number of guanidine groups is 1. The molecule has 18 heavy (non-hydrogen) atoms. The minimum absolute atomic E-state index is 0.163. The molecule has 0 saturated carbocycles. The van der Waals surface area contributed by atoms with E-state index in [1.165, 1.54) is 0 Å². The van der Waals surface area contributed by atoms with E-state index >= 15 is 0 Å². The van der Waals surface area contributed by atoms with Gasteiger partial charge in [-0.05, 0) is 37.8 Å². The van der Waals surface area contributed by atoms with E-state index in [0.29, 0.717) is 5.96 Å². The zero-order chi connectivity index (χ0) is 13.8. The molecule has 0 radical (unpaired) electrons. The molecule has 0 unspecified atom stereocenters. The van der Waals surface area contributed by atoms with Crippen LogP contribution in [-0.2, 0) is 0 Å². The molecule has 1 aromatic carbocycles. The van der Waals surface area contributed by atoms with Gasteiger partial charge in [-0.25, -0.2) is 4.99 Å². The molecule has 0 fully saturated rings. The second-order valence-corrected chi connectivity index (χ2v) is 6.54. The van der Waals surface area contributed by atoms with Crippen LogP contribution in [-0.4, -0.2) is 11.5 Å². The summed E-state index contributed by atoms with van der Waals surface area (Å²) in [5.74, 6) is 0.468. The number of nitrogens with zero attached hydrogens (tertiary/aromatic N) is 1. The Bertz CT molecular complexity index is 399. The summed E-state index contributed by atoms with van der Waals surface area (Å²) in [4.78, 5) is 4.57. The van der Waals surface area contributed by atoms with Gasteiger partial charge in [-0.15, -0.1) is 0 Å². The number of hydrogen-bond donors (Lipinski definition) is 2. The third-order valence-corrected chi connectivity index (χ3v) is 2.43. The van der Waals surface area contributed by atoms with Crippen LogP contribution in [0.15, 0.2) is 35.3 Å². The van der Waals surface area contributed by atoms with Gasteiger partial charge in [0.25, 0.3) is 0 Å². The molecule has 100 valence electrons. The summed E-state index contributed by atoms with van der Waals surface area (Å²) in [6, 6.07) is 9.85. The molecule has 3 nitrogen and oxygen atoms in total. The van der Waals surface area contributed by atoms with Crippen LogP contribution in [0, 0.1) is 5.41 Å². The third kappa shape index (κ3) is 5.71. The highest BCUT2D eigenvalue weighted by Crippen LogP contribution is 2.29. The Morgan fingerprint density at radius 3 is 2.17 bits per heavy atom. The molecule has 0 aliphatic heterocycles. The molecule has 0 heterocycles. The molecule has 0 spiro atoms. The predicted molar refractivity (Wildman–Crippen MR) is 79.8 cm³/mol. The molecule has 0 aliphatic carbocycles. The fourth-order valence-corrected chi connectivity index (χ4v) is 2.36. The van der Waals surface area contributed by atoms with E-state index in [-0.39, 0.29) is 11.0 Å². The Labute approximate surface area is 111 Å². The van der Waals surface area contributed by atoms with Crippen molar-refractivity contribution in [3.8, 4) is 0 Å². The zero-order valence-electron chi connectivity index (χ0n) is 12.1. The molecule has 0 atom stereocenters. The number of aliphatic imine (C=N–C) groups is 1. The Hall–Kier alpha value is -1.51. The number of nitrogens with one attached hydrogen (secondary N) is 1. The average molecular weight is 247 g/mol. The molecule has 3 heteroatoms. The van der Waals surface area contributed by atoms with Gasteiger partial charge in [0.15, 0.2) is 5.96 Å². The lowest BCUT2D eigenvalue weighted by Gasteiger charge is -2.29. The van der Waals surface area contributed by atoms with E-state index in [0.717, 1.165) is 12.1 Å². The van der Waals surface area contributed by atoms with Gasteiger partial charge >= 0.3 is 0 Å². The van der Waals surface area contributed by atoms with Gasteiger partial charge in [0.05, 0.1) is 5.54 Å². The lowest BCUT2D eigenvalue weighted by molar-refractivity contribution is 0.288. The summed E-state index contributed by atoms with van der Waals surface area (Å²) < 4.78 is 0. The quantitative estimate of drug-likeness (QED) is 0.633. The number of nitrogens with two attached hydrogens (primary N) is 1. The Morgan fingerprint density at radius 1 is 1.11 bits per heavy atom. The van der Waals surface area contributed by atoms with Crippen molar-refractivity contribution in [3.05, 3.63) is 30.3 Å². The lowest BCUT2D eigenvalue weighted by Crippen LogP contribution is -2.31. The minimum Gasteiger partial charge on any atom is -0.370 e. The predicted octanol–water partition coefficient (Wildman–Crippen LogP) is 3.63. The first-order valence-corrected chi connectivity index (χ1v) is 6.35. The van der Waals surface area contributed by atoms with Crippen LogP contribution < -0.4 is 11.1 Å². The Kier molecular flexibility index (Phi) is 4.38. The smallest absolute Gasteiger partial charge is 0.193 e. The minimum atomic E-state index is -0.163. The van der Waals surface area contributed by atoms with Gasteiger partial charge in [0.2, 0.25) is 0 Å². The first-order valence-electron chi connectivity index (χ1n) is 6.35. The number of benzene rings is 1. The first kappa shape index (κ1) is 14.6. The third-order valence-electron chi connectivity index (χ3n) is 2.43. The van der Waals surface area contributed by atoms with Crippen molar-refractivity contribution in [2.24, 2.45) is 16.1 Å². The highest BCUT2D eigenvalue weighted by molar-refractivity contribution is 5.92. The molecule has 1 rings (SSSR count). The van der Waals surface area contributed by atoms with Gasteiger partial charge in [-0.1, -0.05) is 39.0 Å². The molecule has 0 aliphatic rings. The number of hydrogen-bond acceptors (Lipinski definition) is 1. The maximum atomic E-state index is 5.95. The molecule has 0 amide bonds. The number of para-hydroxylation sites is 1. The molecular weight excluding hydrogens is 222 g/mol. The van der Waals surface area contributed by atoms with Gasteiger partial charge < -0.3 is 11.1 Å². The fourth-order valence-electron chi connectivity index (χ4n) is 2.36. The van der Waals surface area contributed by atoms with E-state index in [4.69, 9.17) is 5.73 Å². The second kappa shape index (κ2) is 5.42. The van der Waals surface area contributed by atoms with E-state index in [1.807, 2.05) is 30.3 Å². The van der Waals surface area contributed by atoms with Crippen molar-refractivity contribution in [2.45, 2.75) is 46.6 Å². The lowest BCUT2D eigenvalue weighted by atomic mass is 9.82. The van der Waals surface area contributed by atoms with E-state index in [9.17, 15) is 0 Å². The molecule has 1 aromatic rings. The van der Waals surface area contributed by atoms with Crippen LogP contribution in [0.1, 0.15) is 41.0 Å². The molecular formula is C15H25N3. The van der Waals surface area contributed by atoms with E-state index < -0.39 is 0 Å². The van der Waals surface area contributed by atoms with Crippen molar-refractivity contribution < 1.29 is 0 Å². The molecule has 0 bridgehead atoms. The summed E-state index contributed by atoms with van der Waals surface area (Å²) in [7, 11) is 0. The maximum absolute atomic E-state index is 5.95. The molecule has 3 N–H and O–H groups in total. The van der Waals surface area contributed by atoms with Crippen molar-refractivity contribution in [1.29, 1.82) is 0 Å². The van der Waals surface area contributed by atoms with Crippen LogP contribution in [0.25, 0.3) is 0 Å². The maximum Gasteiger partial charge on any atom is 0.193 e. The van der Waals surface area contributed by atoms with E-state index in [2.05, 4.69) is 44.9 Å². The van der Waals surface area contributed by atoms with Crippen LogP contribution >= 0.6 is 0 Å². The van der Waals surface area contributed by atoms with Crippen molar-refractivity contribution in [2.75, 3.05) is 5.32 Å². The molecule has 0 saturated heterocycles. The highest BCUT2D eigenvalue weighted by Gasteiger charge is 2.25. The van der Waals surface area contributed by atoms with Crippen LogP contribution in [0.4, 0.5) is 5.69 Å². The number of rotatable bonds is 3. The summed E-state index contributed by atoms with van der Waals surface area (Å²) in [5.41, 5.74) is 6.99. The van der Waals surface area contributed by atoms with Gasteiger partial charge in [-0.2, -0.15) is 0 Å². The number of anilines is 1. The standard InChI is InChI=1S/C15H25N3/c1-14(2,3)11-15(4,5)18-13(16)17-12-9-7-6-8-10-12/h6-10H,11H2,1-5H3,(H3,16,17,18). The summed E-state index contributed by atoms with van der Waals surface area (Å²) in [5, 5.41) is 3.11. The zero-order valence-corrected chi connectivity index (χ0v) is 12.1. The summed E-state index contributed by atoms with van der Waals surface area (Å²) in [6.07, 6.45) is 0.983. The SMILES string of the molecule is CC(C)(C)CC(C)(C)N=C(N)Nc1ccccc1. The normalized spacial score (nSPS) is 13.5. The van der Waals surface area contributed by atoms with Crippen molar-refractivity contribution >= 4 is 11.6 Å². The van der Waals surface area contributed by atoms with Gasteiger partial charge in [-0.3, -0.25) is 0 Å². The first-order chi connectivity index (χ1) is 8.18. The monoisotopic (exact) mass is 247 g/mol. The largest absolute Gasteiger partial charge is 0.370 e. The van der Waals surface area contributed by atoms with E-state index in [1.54, 1.807) is 0 Å². The van der Waals surface area contributed by atoms with Gasteiger partial charge in [0, 0.05) is 5.69 Å². The van der Waals surface area contributed by atoms with Crippen molar-refractivity contribution in [3.63, 3.8) is 0 Å². The average Bonchev–Trinajstić information content (AvgIpc) is 2.13. The van der Waals surface area contributed by atoms with Crippen LogP contribution in [0.2, 0.25) is 0 Å². The van der Waals surface area contributed by atoms with Crippen LogP contribution in [0.3, 0.4) is 0 Å². The van der Waals surface area contributed by atoms with Crippen LogP contribution in [0.5, 0.6) is 0 Å². The Morgan fingerprint density at radius 2 is 1.67 bits per heavy atom. The van der Waals surface area contributed by atoms with Crippen molar-refractivity contribution in [1.82, 2.24) is 0 Å². The fraction of sp³-hybridized carbons (Fsp3) is 0.533. The highest BCUT2D eigenvalue weighted by atomic mass is 15.1. The second-order valence-electron chi connectivity index (χ2n) is 6.54. The summed E-state index contributed by atoms with van der Waals surface area (Å²) in [6.45, 7) is 10.9. The molecule has 0 aromatic heterocycles. The summed E-state index contributed by atoms with van der Waals surface area (Å²) >= 11 is 0. The topological polar surface area (TPSA) is 50.4 Å². The van der Waals surface area contributed by atoms with Gasteiger partial charge in [0.1, 0.15) is 0 Å². The Balaban J connectivity index is 2.71.